The molecule has 2 aromatic rings. The van der Waals surface area contributed by atoms with E-state index < -0.39 is 0 Å². The molecule has 0 unspecified atom stereocenters. The van der Waals surface area contributed by atoms with Crippen molar-refractivity contribution in [3.05, 3.63) is 64.4 Å². The third-order valence-electron chi connectivity index (χ3n) is 3.61. The van der Waals surface area contributed by atoms with Crippen LogP contribution in [0.15, 0.2) is 53.0 Å². The fourth-order valence-electron chi connectivity index (χ4n) is 2.35. The number of para-hydroxylation sites is 1. The second kappa shape index (κ2) is 11.2. The van der Waals surface area contributed by atoms with Crippen LogP contribution in [0, 0.1) is 5.82 Å². The summed E-state index contributed by atoms with van der Waals surface area (Å²) in [6.07, 6.45) is 0. The maximum absolute atomic E-state index is 13.9. The summed E-state index contributed by atoms with van der Waals surface area (Å²) in [6, 6.07) is 14.4. The Labute approximate surface area is 156 Å². The molecule has 2 rings (SSSR count). The fourth-order valence-corrected chi connectivity index (χ4v) is 2.76. The van der Waals surface area contributed by atoms with Gasteiger partial charge in [0.1, 0.15) is 18.2 Å². The van der Waals surface area contributed by atoms with Crippen LogP contribution in [0.4, 0.5) is 4.39 Å². The predicted octanol–water partition coefficient (Wildman–Crippen LogP) is 3.48. The number of aliphatic hydroxyl groups excluding tert-OH is 1. The molecule has 0 saturated heterocycles. The summed E-state index contributed by atoms with van der Waals surface area (Å²) in [5, 5.41) is 9.20. The topological polar surface area (TPSA) is 41.9 Å². The Balaban J connectivity index is 1.69. The Morgan fingerprint density at radius 2 is 1.80 bits per heavy atom. The first kappa shape index (κ1) is 19.8. The zero-order valence-electron chi connectivity index (χ0n) is 14.0. The molecule has 0 amide bonds. The molecule has 6 heteroatoms. The van der Waals surface area contributed by atoms with Crippen LogP contribution in [-0.2, 0) is 11.3 Å². The second-order valence-electron chi connectivity index (χ2n) is 5.51. The van der Waals surface area contributed by atoms with E-state index in [2.05, 4.69) is 15.9 Å². The molecule has 0 bridgehead atoms. The number of nitrogens with zero attached hydrogens (tertiary/aromatic N) is 1. The molecule has 0 aliphatic heterocycles. The maximum Gasteiger partial charge on any atom is 0.127 e. The lowest BCUT2D eigenvalue weighted by molar-refractivity contribution is 0.0725. The van der Waals surface area contributed by atoms with Crippen LogP contribution in [0.3, 0.4) is 0 Å². The van der Waals surface area contributed by atoms with Gasteiger partial charge in [-0.25, -0.2) is 4.39 Å². The normalized spacial score (nSPS) is 11.0. The summed E-state index contributed by atoms with van der Waals surface area (Å²) in [7, 11) is 0. The van der Waals surface area contributed by atoms with Crippen molar-refractivity contribution in [2.24, 2.45) is 0 Å². The van der Waals surface area contributed by atoms with Crippen molar-refractivity contribution in [1.29, 1.82) is 0 Å². The molecular formula is C19H23BrFNO3. The Kier molecular flexibility index (Phi) is 8.90. The van der Waals surface area contributed by atoms with Gasteiger partial charge in [-0.05, 0) is 30.3 Å². The maximum atomic E-state index is 13.9. The molecule has 0 spiro atoms. The molecule has 1 N–H and O–H groups in total. The van der Waals surface area contributed by atoms with Gasteiger partial charge in [0.15, 0.2) is 0 Å². The molecular weight excluding hydrogens is 389 g/mol. The monoisotopic (exact) mass is 411 g/mol. The highest BCUT2D eigenvalue weighted by Crippen LogP contribution is 2.17. The predicted molar refractivity (Wildman–Crippen MR) is 99.2 cm³/mol. The minimum Gasteiger partial charge on any atom is -0.491 e. The van der Waals surface area contributed by atoms with Gasteiger partial charge in [0.2, 0.25) is 0 Å². The molecule has 0 heterocycles. The zero-order chi connectivity index (χ0) is 17.9. The molecule has 4 nitrogen and oxygen atoms in total. The van der Waals surface area contributed by atoms with Gasteiger partial charge >= 0.3 is 0 Å². The highest BCUT2D eigenvalue weighted by molar-refractivity contribution is 9.10. The highest BCUT2D eigenvalue weighted by Gasteiger charge is 2.10. The molecule has 136 valence electrons. The van der Waals surface area contributed by atoms with Gasteiger partial charge in [-0.15, -0.1) is 0 Å². The first-order valence-corrected chi connectivity index (χ1v) is 9.01. The summed E-state index contributed by atoms with van der Waals surface area (Å²) in [4.78, 5) is 1.96. The lowest BCUT2D eigenvalue weighted by Crippen LogP contribution is -2.30. The van der Waals surface area contributed by atoms with Crippen LogP contribution >= 0.6 is 15.9 Å². The number of halogens is 2. The van der Waals surface area contributed by atoms with E-state index in [9.17, 15) is 9.50 Å². The number of aliphatic hydroxyl groups is 1. The molecule has 25 heavy (non-hydrogen) atoms. The van der Waals surface area contributed by atoms with E-state index in [-0.39, 0.29) is 12.4 Å². The Morgan fingerprint density at radius 3 is 2.56 bits per heavy atom. The quantitative estimate of drug-likeness (QED) is 0.574. The van der Waals surface area contributed by atoms with Crippen molar-refractivity contribution in [3.63, 3.8) is 0 Å². The summed E-state index contributed by atoms with van der Waals surface area (Å²) in [5.41, 5.74) is 0.593. The van der Waals surface area contributed by atoms with E-state index >= 15 is 0 Å². The van der Waals surface area contributed by atoms with Gasteiger partial charge in [-0.1, -0.05) is 34.1 Å². The molecule has 0 aromatic heterocycles. The third kappa shape index (κ3) is 7.52. The number of benzene rings is 2. The average molecular weight is 412 g/mol. The minimum atomic E-state index is -0.247. The van der Waals surface area contributed by atoms with Crippen LogP contribution in [-0.4, -0.2) is 49.5 Å². The molecule has 0 aliphatic carbocycles. The van der Waals surface area contributed by atoms with Gasteiger partial charge in [0.25, 0.3) is 0 Å². The number of hydrogen-bond acceptors (Lipinski definition) is 4. The summed E-state index contributed by atoms with van der Waals surface area (Å²) < 4.78 is 25.8. The summed E-state index contributed by atoms with van der Waals surface area (Å²) in [5.74, 6) is 0.571. The van der Waals surface area contributed by atoms with Crippen LogP contribution in [0.25, 0.3) is 0 Å². The Morgan fingerprint density at radius 1 is 1.00 bits per heavy atom. The fraction of sp³-hybridized carbons (Fsp3) is 0.368. The van der Waals surface area contributed by atoms with E-state index in [0.29, 0.717) is 45.0 Å². The van der Waals surface area contributed by atoms with Gasteiger partial charge in [0, 0.05) is 29.7 Å². The Bertz CT molecular complexity index is 627. The molecule has 0 radical (unpaired) electrons. The SMILES string of the molecule is OCCN(CCOCCOc1ccccc1)Cc1cc(Br)ccc1F. The van der Waals surface area contributed by atoms with Crippen molar-refractivity contribution < 1.29 is 19.0 Å². The molecule has 0 saturated carbocycles. The van der Waals surface area contributed by atoms with Crippen molar-refractivity contribution >= 4 is 15.9 Å². The number of ether oxygens (including phenoxy) is 2. The van der Waals surface area contributed by atoms with Crippen molar-refractivity contribution in [2.75, 3.05) is 39.5 Å². The van der Waals surface area contributed by atoms with E-state index in [1.807, 2.05) is 35.2 Å². The smallest absolute Gasteiger partial charge is 0.127 e. The van der Waals surface area contributed by atoms with E-state index in [0.717, 1.165) is 10.2 Å². The largest absolute Gasteiger partial charge is 0.491 e. The minimum absolute atomic E-state index is 0.0206. The first-order chi connectivity index (χ1) is 12.2. The number of rotatable bonds is 11. The van der Waals surface area contributed by atoms with Crippen LogP contribution in [0.2, 0.25) is 0 Å². The molecule has 0 aliphatic rings. The molecule has 0 atom stereocenters. The van der Waals surface area contributed by atoms with E-state index in [1.165, 1.54) is 6.07 Å². The summed E-state index contributed by atoms with van der Waals surface area (Å²) in [6.45, 7) is 2.97. The van der Waals surface area contributed by atoms with E-state index in [4.69, 9.17) is 9.47 Å². The molecule has 2 aromatic carbocycles. The van der Waals surface area contributed by atoms with Crippen molar-refractivity contribution in [3.8, 4) is 5.75 Å². The lowest BCUT2D eigenvalue weighted by Gasteiger charge is -2.21. The second-order valence-corrected chi connectivity index (χ2v) is 6.43. The van der Waals surface area contributed by atoms with E-state index in [1.54, 1.807) is 12.1 Å². The molecule has 0 fully saturated rings. The van der Waals surface area contributed by atoms with Gasteiger partial charge in [0.05, 0.1) is 19.8 Å². The Hall–Kier alpha value is -1.47. The van der Waals surface area contributed by atoms with Crippen LogP contribution in [0.1, 0.15) is 5.56 Å². The first-order valence-electron chi connectivity index (χ1n) is 8.22. The standard InChI is InChI=1S/C19H23BrFNO3/c20-17-6-7-19(21)16(14-17)15-22(8-10-23)9-11-24-12-13-25-18-4-2-1-3-5-18/h1-7,14,23H,8-13,15H2. The lowest BCUT2D eigenvalue weighted by atomic mass is 10.2. The van der Waals surface area contributed by atoms with Gasteiger partial charge in [-0.2, -0.15) is 0 Å². The van der Waals surface area contributed by atoms with Crippen LogP contribution < -0.4 is 4.74 Å². The van der Waals surface area contributed by atoms with Gasteiger partial charge in [-0.3, -0.25) is 4.90 Å². The van der Waals surface area contributed by atoms with Crippen molar-refractivity contribution in [1.82, 2.24) is 4.90 Å². The number of hydrogen-bond donors (Lipinski definition) is 1. The van der Waals surface area contributed by atoms with Crippen LogP contribution in [0.5, 0.6) is 5.75 Å². The highest BCUT2D eigenvalue weighted by atomic mass is 79.9. The zero-order valence-corrected chi connectivity index (χ0v) is 15.6. The van der Waals surface area contributed by atoms with Gasteiger partial charge < -0.3 is 14.6 Å². The third-order valence-corrected chi connectivity index (χ3v) is 4.10. The van der Waals surface area contributed by atoms with Crippen molar-refractivity contribution in [2.45, 2.75) is 6.54 Å². The summed E-state index contributed by atoms with van der Waals surface area (Å²) >= 11 is 3.35. The average Bonchev–Trinajstić information content (AvgIpc) is 2.62.